The Kier molecular flexibility index (Phi) is 2.10. The Morgan fingerprint density at radius 2 is 1.81 bits per heavy atom. The van der Waals surface area contributed by atoms with Crippen molar-refractivity contribution < 1.29 is 0 Å². The Balaban J connectivity index is 2.06. The fourth-order valence-electron chi connectivity index (χ4n) is 1.79. The predicted molar refractivity (Wildman–Crippen MR) is 63.9 cm³/mol. The van der Waals surface area contributed by atoms with Crippen molar-refractivity contribution in [3.05, 3.63) is 42.1 Å². The molecule has 3 heteroatoms. The van der Waals surface area contributed by atoms with E-state index in [0.717, 1.165) is 17.1 Å². The molecule has 1 aromatic carbocycles. The molecule has 16 heavy (non-hydrogen) atoms. The SMILES string of the molecule is Nc1cc(C2CC2)nc(-c2ccccc2)n1. The molecule has 0 atom stereocenters. The lowest BCUT2D eigenvalue weighted by Crippen LogP contribution is -1.99. The first kappa shape index (κ1) is 9.33. The van der Waals surface area contributed by atoms with Crippen molar-refractivity contribution in [1.82, 2.24) is 9.97 Å². The van der Waals surface area contributed by atoms with Crippen molar-refractivity contribution in [1.29, 1.82) is 0 Å². The molecule has 0 saturated heterocycles. The normalized spacial score (nSPS) is 15.0. The van der Waals surface area contributed by atoms with E-state index in [1.807, 2.05) is 36.4 Å². The summed E-state index contributed by atoms with van der Waals surface area (Å²) < 4.78 is 0. The summed E-state index contributed by atoms with van der Waals surface area (Å²) in [6, 6.07) is 11.9. The third-order valence-corrected chi connectivity index (χ3v) is 2.79. The number of anilines is 1. The first-order valence-corrected chi connectivity index (χ1v) is 5.53. The zero-order valence-corrected chi connectivity index (χ0v) is 8.93. The zero-order valence-electron chi connectivity index (χ0n) is 8.93. The van der Waals surface area contributed by atoms with Crippen LogP contribution in [-0.2, 0) is 0 Å². The topological polar surface area (TPSA) is 51.8 Å². The number of benzene rings is 1. The highest BCUT2D eigenvalue weighted by atomic mass is 14.9. The Bertz CT molecular complexity index is 504. The fraction of sp³-hybridized carbons (Fsp3) is 0.231. The van der Waals surface area contributed by atoms with Gasteiger partial charge in [-0.1, -0.05) is 30.3 Å². The van der Waals surface area contributed by atoms with Gasteiger partial charge in [-0.05, 0) is 12.8 Å². The molecule has 0 aliphatic heterocycles. The molecule has 1 aliphatic rings. The van der Waals surface area contributed by atoms with Crippen LogP contribution < -0.4 is 5.73 Å². The molecule has 0 bridgehead atoms. The van der Waals surface area contributed by atoms with Gasteiger partial charge in [0.25, 0.3) is 0 Å². The highest BCUT2D eigenvalue weighted by molar-refractivity contribution is 5.57. The van der Waals surface area contributed by atoms with Crippen LogP contribution in [0.3, 0.4) is 0 Å². The number of aromatic nitrogens is 2. The van der Waals surface area contributed by atoms with Gasteiger partial charge in [0, 0.05) is 23.2 Å². The largest absolute Gasteiger partial charge is 0.384 e. The summed E-state index contributed by atoms with van der Waals surface area (Å²) in [4.78, 5) is 8.86. The lowest BCUT2D eigenvalue weighted by atomic mass is 10.2. The molecular formula is C13H13N3. The van der Waals surface area contributed by atoms with E-state index >= 15 is 0 Å². The van der Waals surface area contributed by atoms with Crippen LogP contribution in [0.4, 0.5) is 5.82 Å². The zero-order chi connectivity index (χ0) is 11.0. The summed E-state index contributed by atoms with van der Waals surface area (Å²) in [5.74, 6) is 1.91. The van der Waals surface area contributed by atoms with Crippen molar-refractivity contribution >= 4 is 5.82 Å². The third-order valence-electron chi connectivity index (χ3n) is 2.79. The minimum absolute atomic E-state index is 0.566. The van der Waals surface area contributed by atoms with Crippen LogP contribution in [0.15, 0.2) is 36.4 Å². The van der Waals surface area contributed by atoms with Gasteiger partial charge in [-0.3, -0.25) is 0 Å². The average molecular weight is 211 g/mol. The molecule has 0 amide bonds. The van der Waals surface area contributed by atoms with Crippen molar-refractivity contribution in [2.75, 3.05) is 5.73 Å². The smallest absolute Gasteiger partial charge is 0.161 e. The minimum atomic E-state index is 0.566. The molecule has 1 heterocycles. The molecule has 1 aromatic heterocycles. The van der Waals surface area contributed by atoms with Gasteiger partial charge in [0.2, 0.25) is 0 Å². The van der Waals surface area contributed by atoms with Gasteiger partial charge >= 0.3 is 0 Å². The van der Waals surface area contributed by atoms with Crippen LogP contribution in [0.25, 0.3) is 11.4 Å². The van der Waals surface area contributed by atoms with Crippen LogP contribution >= 0.6 is 0 Å². The van der Waals surface area contributed by atoms with Gasteiger partial charge < -0.3 is 5.73 Å². The quantitative estimate of drug-likeness (QED) is 0.830. The third kappa shape index (κ3) is 1.76. The van der Waals surface area contributed by atoms with Gasteiger partial charge in [-0.25, -0.2) is 9.97 Å². The maximum Gasteiger partial charge on any atom is 0.161 e. The van der Waals surface area contributed by atoms with Crippen molar-refractivity contribution in [3.8, 4) is 11.4 Å². The highest BCUT2D eigenvalue weighted by Gasteiger charge is 2.25. The van der Waals surface area contributed by atoms with Crippen LogP contribution in [-0.4, -0.2) is 9.97 Å². The van der Waals surface area contributed by atoms with Gasteiger partial charge in [-0.2, -0.15) is 0 Å². The molecule has 2 aromatic rings. The van der Waals surface area contributed by atoms with E-state index in [1.165, 1.54) is 12.8 Å². The van der Waals surface area contributed by atoms with Crippen molar-refractivity contribution in [2.45, 2.75) is 18.8 Å². The predicted octanol–water partition coefficient (Wildman–Crippen LogP) is 2.60. The van der Waals surface area contributed by atoms with Gasteiger partial charge in [0.05, 0.1) is 0 Å². The molecule has 3 rings (SSSR count). The average Bonchev–Trinajstić information content (AvgIpc) is 3.13. The van der Waals surface area contributed by atoms with E-state index in [0.29, 0.717) is 11.7 Å². The van der Waals surface area contributed by atoms with Crippen LogP contribution in [0.2, 0.25) is 0 Å². The summed E-state index contributed by atoms with van der Waals surface area (Å²) in [6.45, 7) is 0. The fourth-order valence-corrected chi connectivity index (χ4v) is 1.79. The second-order valence-corrected chi connectivity index (χ2v) is 4.18. The maximum atomic E-state index is 5.81. The van der Waals surface area contributed by atoms with E-state index < -0.39 is 0 Å². The molecule has 1 aliphatic carbocycles. The number of rotatable bonds is 2. The molecule has 0 unspecified atom stereocenters. The van der Waals surface area contributed by atoms with Crippen LogP contribution in [0.5, 0.6) is 0 Å². The Morgan fingerprint density at radius 3 is 2.50 bits per heavy atom. The lowest BCUT2D eigenvalue weighted by molar-refractivity contribution is 0.998. The van der Waals surface area contributed by atoms with Crippen molar-refractivity contribution in [3.63, 3.8) is 0 Å². The number of nitrogens with zero attached hydrogens (tertiary/aromatic N) is 2. The first-order valence-electron chi connectivity index (χ1n) is 5.53. The lowest BCUT2D eigenvalue weighted by Gasteiger charge is -2.04. The summed E-state index contributed by atoms with van der Waals surface area (Å²) in [5.41, 5.74) is 7.93. The minimum Gasteiger partial charge on any atom is -0.384 e. The second kappa shape index (κ2) is 3.59. The summed E-state index contributed by atoms with van der Waals surface area (Å²) >= 11 is 0. The molecule has 0 radical (unpaired) electrons. The second-order valence-electron chi connectivity index (χ2n) is 4.18. The van der Waals surface area contributed by atoms with Gasteiger partial charge in [-0.15, -0.1) is 0 Å². The van der Waals surface area contributed by atoms with Gasteiger partial charge in [0.15, 0.2) is 5.82 Å². The van der Waals surface area contributed by atoms with E-state index in [2.05, 4.69) is 9.97 Å². The number of hydrogen-bond donors (Lipinski definition) is 1. The number of nitrogen functional groups attached to an aromatic ring is 1. The van der Waals surface area contributed by atoms with Crippen LogP contribution in [0.1, 0.15) is 24.5 Å². The number of nitrogens with two attached hydrogens (primary N) is 1. The summed E-state index contributed by atoms with van der Waals surface area (Å²) in [6.07, 6.45) is 2.45. The number of hydrogen-bond acceptors (Lipinski definition) is 3. The molecule has 1 saturated carbocycles. The van der Waals surface area contributed by atoms with E-state index in [-0.39, 0.29) is 0 Å². The summed E-state index contributed by atoms with van der Waals surface area (Å²) in [5, 5.41) is 0. The van der Waals surface area contributed by atoms with Crippen molar-refractivity contribution in [2.24, 2.45) is 0 Å². The Labute approximate surface area is 94.4 Å². The monoisotopic (exact) mass is 211 g/mol. The Morgan fingerprint density at radius 1 is 1.06 bits per heavy atom. The molecule has 3 nitrogen and oxygen atoms in total. The Hall–Kier alpha value is -1.90. The van der Waals surface area contributed by atoms with E-state index in [9.17, 15) is 0 Å². The first-order chi connectivity index (χ1) is 7.83. The molecule has 2 N–H and O–H groups in total. The van der Waals surface area contributed by atoms with E-state index in [1.54, 1.807) is 0 Å². The molecule has 80 valence electrons. The van der Waals surface area contributed by atoms with E-state index in [4.69, 9.17) is 5.73 Å². The summed E-state index contributed by atoms with van der Waals surface area (Å²) in [7, 11) is 0. The highest BCUT2D eigenvalue weighted by Crippen LogP contribution is 2.39. The molecule has 0 spiro atoms. The standard InChI is InChI=1S/C13H13N3/c14-12-8-11(9-6-7-9)15-13(16-12)10-4-2-1-3-5-10/h1-5,8-9H,6-7H2,(H2,14,15,16). The van der Waals surface area contributed by atoms with Crippen LogP contribution in [0, 0.1) is 0 Å². The molecular weight excluding hydrogens is 198 g/mol. The molecule has 1 fully saturated rings. The maximum absolute atomic E-state index is 5.81. The van der Waals surface area contributed by atoms with Gasteiger partial charge in [0.1, 0.15) is 5.82 Å².